The molecule has 10 aromatic rings. The summed E-state index contributed by atoms with van der Waals surface area (Å²) < 4.78 is 6.39. The van der Waals surface area contributed by atoms with Gasteiger partial charge in [0, 0.05) is 33.4 Å². The van der Waals surface area contributed by atoms with Crippen LogP contribution in [0.3, 0.4) is 0 Å². The molecule has 10 rings (SSSR count). The Labute approximate surface area is 302 Å². The molecule has 0 aliphatic rings. The van der Waals surface area contributed by atoms with Crippen molar-refractivity contribution >= 4 is 60.5 Å². The number of anilines is 3. The highest BCUT2D eigenvalue weighted by Crippen LogP contribution is 2.40. The molecule has 0 saturated heterocycles. The highest BCUT2D eigenvalue weighted by molar-refractivity contribution is 6.09. The van der Waals surface area contributed by atoms with Crippen LogP contribution in [0.1, 0.15) is 0 Å². The van der Waals surface area contributed by atoms with Crippen molar-refractivity contribution in [2.75, 3.05) is 4.90 Å². The Morgan fingerprint density at radius 2 is 0.808 bits per heavy atom. The predicted octanol–water partition coefficient (Wildman–Crippen LogP) is 14.4. The first-order chi connectivity index (χ1) is 25.8. The molecule has 1 heterocycles. The molecular formula is C50H33NO. The first-order valence-electron chi connectivity index (χ1n) is 17.8. The fourth-order valence-electron chi connectivity index (χ4n) is 7.65. The second kappa shape index (κ2) is 12.5. The van der Waals surface area contributed by atoms with Crippen LogP contribution in [0.4, 0.5) is 17.1 Å². The van der Waals surface area contributed by atoms with E-state index in [1.54, 1.807) is 0 Å². The summed E-state index contributed by atoms with van der Waals surface area (Å²) in [5.41, 5.74) is 12.1. The highest BCUT2D eigenvalue weighted by atomic mass is 16.3. The summed E-state index contributed by atoms with van der Waals surface area (Å²) >= 11 is 0. The van der Waals surface area contributed by atoms with Crippen molar-refractivity contribution < 1.29 is 4.42 Å². The first kappa shape index (κ1) is 30.0. The summed E-state index contributed by atoms with van der Waals surface area (Å²) in [6.07, 6.45) is 0. The third-order valence-electron chi connectivity index (χ3n) is 10.3. The van der Waals surface area contributed by atoms with E-state index in [1.165, 1.54) is 43.8 Å². The molecule has 1 aromatic heterocycles. The van der Waals surface area contributed by atoms with Crippen molar-refractivity contribution in [1.29, 1.82) is 0 Å². The number of benzene rings is 9. The van der Waals surface area contributed by atoms with Gasteiger partial charge in [-0.3, -0.25) is 0 Å². The first-order valence-corrected chi connectivity index (χ1v) is 17.8. The van der Waals surface area contributed by atoms with Gasteiger partial charge in [-0.2, -0.15) is 0 Å². The Balaban J connectivity index is 1.05. The second-order valence-electron chi connectivity index (χ2n) is 13.3. The van der Waals surface area contributed by atoms with Gasteiger partial charge < -0.3 is 9.32 Å². The maximum Gasteiger partial charge on any atom is 0.143 e. The lowest BCUT2D eigenvalue weighted by Gasteiger charge is -2.26. The van der Waals surface area contributed by atoms with Crippen LogP contribution >= 0.6 is 0 Å². The van der Waals surface area contributed by atoms with E-state index >= 15 is 0 Å². The molecule has 0 amide bonds. The molecule has 244 valence electrons. The van der Waals surface area contributed by atoms with Gasteiger partial charge in [-0.1, -0.05) is 152 Å². The summed E-state index contributed by atoms with van der Waals surface area (Å²) in [5, 5.41) is 7.28. The van der Waals surface area contributed by atoms with Gasteiger partial charge in [-0.05, 0) is 97.9 Å². The molecule has 0 fully saturated rings. The van der Waals surface area contributed by atoms with Crippen LogP contribution in [0.5, 0.6) is 0 Å². The van der Waals surface area contributed by atoms with E-state index in [4.69, 9.17) is 4.42 Å². The largest absolute Gasteiger partial charge is 0.455 e. The van der Waals surface area contributed by atoms with Crippen LogP contribution in [-0.2, 0) is 0 Å². The SMILES string of the molecule is c1ccc2cc(-c3ccc(N(c4ccc(-c5cccc6ccccc56)cc4)c4ccc(-c5cccc6c5oc5ccccc56)cc4)cc3)ccc2c1. The van der Waals surface area contributed by atoms with E-state index < -0.39 is 0 Å². The predicted molar refractivity (Wildman–Crippen MR) is 220 cm³/mol. The van der Waals surface area contributed by atoms with E-state index in [-0.39, 0.29) is 0 Å². The van der Waals surface area contributed by atoms with Gasteiger partial charge in [0.25, 0.3) is 0 Å². The van der Waals surface area contributed by atoms with Gasteiger partial charge in [-0.25, -0.2) is 0 Å². The van der Waals surface area contributed by atoms with Crippen LogP contribution in [0.15, 0.2) is 205 Å². The minimum atomic E-state index is 0.909. The fourth-order valence-corrected chi connectivity index (χ4v) is 7.65. The third-order valence-corrected chi connectivity index (χ3v) is 10.3. The Morgan fingerprint density at radius 3 is 1.54 bits per heavy atom. The van der Waals surface area contributed by atoms with E-state index in [0.29, 0.717) is 0 Å². The molecule has 2 heteroatoms. The summed E-state index contributed by atoms with van der Waals surface area (Å²) in [4.78, 5) is 2.34. The molecule has 0 aliphatic heterocycles. The zero-order valence-electron chi connectivity index (χ0n) is 28.4. The Morgan fingerprint density at radius 1 is 0.308 bits per heavy atom. The number of hydrogen-bond acceptors (Lipinski definition) is 2. The number of rotatable bonds is 6. The van der Waals surface area contributed by atoms with Crippen molar-refractivity contribution in [3.63, 3.8) is 0 Å². The van der Waals surface area contributed by atoms with E-state index in [9.17, 15) is 0 Å². The van der Waals surface area contributed by atoms with Crippen LogP contribution in [0, 0.1) is 0 Å². The van der Waals surface area contributed by atoms with Crippen LogP contribution in [0.25, 0.3) is 76.9 Å². The molecule has 52 heavy (non-hydrogen) atoms. The third kappa shape index (κ3) is 5.21. The van der Waals surface area contributed by atoms with E-state index in [0.717, 1.165) is 50.1 Å². The lowest BCUT2D eigenvalue weighted by atomic mass is 9.98. The normalized spacial score (nSPS) is 11.5. The van der Waals surface area contributed by atoms with Gasteiger partial charge in [0.2, 0.25) is 0 Å². The number of nitrogens with zero attached hydrogens (tertiary/aromatic N) is 1. The standard InChI is InChI=1S/C50H33NO/c1-2-11-39-33-40(20-19-34(39)9-1)35-21-27-41(28-22-35)51(42-29-23-37(24-30-42)45-15-7-12-36-10-3-4-13-44(36)45)43-31-25-38(26-32-43)46-16-8-17-48-47-14-5-6-18-49(47)52-50(46)48/h1-33H. The number of hydrogen-bond donors (Lipinski definition) is 0. The smallest absolute Gasteiger partial charge is 0.143 e. The topological polar surface area (TPSA) is 16.4 Å². The minimum absolute atomic E-state index is 0.909. The van der Waals surface area contributed by atoms with Crippen LogP contribution in [0.2, 0.25) is 0 Å². The van der Waals surface area contributed by atoms with Crippen LogP contribution in [-0.4, -0.2) is 0 Å². The molecule has 0 N–H and O–H groups in total. The summed E-state index contributed by atoms with van der Waals surface area (Å²) in [5.74, 6) is 0. The average Bonchev–Trinajstić information content (AvgIpc) is 3.61. The molecule has 9 aromatic carbocycles. The Kier molecular flexibility index (Phi) is 7.18. The molecule has 0 aliphatic carbocycles. The Hall–Kier alpha value is -6.90. The summed E-state index contributed by atoms with van der Waals surface area (Å²) in [6, 6.07) is 71.7. The molecule has 0 bridgehead atoms. The fraction of sp³-hybridized carbons (Fsp3) is 0. The molecule has 0 spiro atoms. The Bertz CT molecular complexity index is 2880. The number of para-hydroxylation sites is 2. The van der Waals surface area contributed by atoms with Gasteiger partial charge in [-0.15, -0.1) is 0 Å². The molecule has 0 unspecified atom stereocenters. The van der Waals surface area contributed by atoms with Gasteiger partial charge in [0.15, 0.2) is 0 Å². The van der Waals surface area contributed by atoms with Crippen molar-refractivity contribution in [2.24, 2.45) is 0 Å². The quantitative estimate of drug-likeness (QED) is 0.176. The lowest BCUT2D eigenvalue weighted by Crippen LogP contribution is -2.09. The van der Waals surface area contributed by atoms with Crippen molar-refractivity contribution in [3.05, 3.63) is 200 Å². The molecular weight excluding hydrogens is 631 g/mol. The summed E-state index contributed by atoms with van der Waals surface area (Å²) in [7, 11) is 0. The maximum atomic E-state index is 6.39. The monoisotopic (exact) mass is 663 g/mol. The zero-order valence-corrected chi connectivity index (χ0v) is 28.4. The van der Waals surface area contributed by atoms with Crippen molar-refractivity contribution in [3.8, 4) is 33.4 Å². The molecule has 2 nitrogen and oxygen atoms in total. The average molecular weight is 664 g/mol. The molecule has 0 atom stereocenters. The van der Waals surface area contributed by atoms with E-state index in [2.05, 4.69) is 193 Å². The lowest BCUT2D eigenvalue weighted by molar-refractivity contribution is 0.670. The molecule has 0 radical (unpaired) electrons. The number of furan rings is 1. The minimum Gasteiger partial charge on any atom is -0.455 e. The van der Waals surface area contributed by atoms with Gasteiger partial charge in [0.1, 0.15) is 11.2 Å². The van der Waals surface area contributed by atoms with Gasteiger partial charge >= 0.3 is 0 Å². The maximum absolute atomic E-state index is 6.39. The summed E-state index contributed by atoms with van der Waals surface area (Å²) in [6.45, 7) is 0. The molecule has 0 saturated carbocycles. The number of fused-ring (bicyclic) bond motifs is 5. The van der Waals surface area contributed by atoms with E-state index in [1.807, 2.05) is 12.1 Å². The zero-order chi connectivity index (χ0) is 34.4. The van der Waals surface area contributed by atoms with Crippen molar-refractivity contribution in [1.82, 2.24) is 0 Å². The highest BCUT2D eigenvalue weighted by Gasteiger charge is 2.16. The van der Waals surface area contributed by atoms with Crippen molar-refractivity contribution in [2.45, 2.75) is 0 Å². The van der Waals surface area contributed by atoms with Gasteiger partial charge in [0.05, 0.1) is 0 Å². The second-order valence-corrected chi connectivity index (χ2v) is 13.3. The van der Waals surface area contributed by atoms with Crippen LogP contribution < -0.4 is 4.90 Å².